The second-order valence-corrected chi connectivity index (χ2v) is 10.4. The van der Waals surface area contributed by atoms with Crippen molar-refractivity contribution in [3.05, 3.63) is 53.7 Å². The van der Waals surface area contributed by atoms with E-state index < -0.39 is 28.7 Å². The first kappa shape index (κ1) is 28.7. The number of nitrogens with zero attached hydrogens (tertiary/aromatic N) is 7. The van der Waals surface area contributed by atoms with Crippen LogP contribution in [0.15, 0.2) is 47.6 Å². The lowest BCUT2D eigenvalue weighted by molar-refractivity contribution is -0.136. The van der Waals surface area contributed by atoms with Crippen molar-refractivity contribution in [1.29, 1.82) is 0 Å². The van der Waals surface area contributed by atoms with Crippen molar-refractivity contribution in [2.45, 2.75) is 26.9 Å². The highest BCUT2D eigenvalue weighted by atomic mass is 19.4. The number of likely N-dealkylation sites (N-methyl/N-ethyl adjacent to an activating group) is 1. The maximum Gasteiger partial charge on any atom is 0.418 e. The maximum absolute atomic E-state index is 13.9. The SMILES string of the molecule is CN1CCN(c2ncc3ncnc(Nc4cc(C(=O)N=C(N)/C=C(\O)C(C)(C)C)ccc4C(F)(F)F)c3n2)CC1. The molecule has 3 heterocycles. The molecule has 2 aromatic heterocycles. The number of aliphatic hydroxyl groups is 1. The lowest BCUT2D eigenvalue weighted by Gasteiger charge is -2.32. The Hall–Kier alpha value is -4.33. The van der Waals surface area contributed by atoms with Gasteiger partial charge in [-0.1, -0.05) is 20.8 Å². The van der Waals surface area contributed by atoms with Crippen LogP contribution in [0.5, 0.6) is 0 Å². The van der Waals surface area contributed by atoms with Crippen LogP contribution in [0.25, 0.3) is 11.0 Å². The summed E-state index contributed by atoms with van der Waals surface area (Å²) in [5, 5.41) is 12.8. The molecule has 1 aromatic carbocycles. The first-order valence-electron chi connectivity index (χ1n) is 12.4. The molecule has 11 nitrogen and oxygen atoms in total. The number of carbonyl (C=O) groups is 1. The number of aliphatic imine (C=N–C) groups is 1. The van der Waals surface area contributed by atoms with Gasteiger partial charge in [0, 0.05) is 43.2 Å². The molecule has 3 aromatic rings. The topological polar surface area (TPSA) is 146 Å². The van der Waals surface area contributed by atoms with E-state index in [0.29, 0.717) is 24.6 Å². The molecule has 0 spiro atoms. The van der Waals surface area contributed by atoms with Gasteiger partial charge in [-0.2, -0.15) is 18.2 Å². The van der Waals surface area contributed by atoms with Gasteiger partial charge >= 0.3 is 6.18 Å². The number of fused-ring (bicyclic) bond motifs is 1. The van der Waals surface area contributed by atoms with Gasteiger partial charge < -0.3 is 26.0 Å². The molecule has 1 fully saturated rings. The predicted molar refractivity (Wildman–Crippen MR) is 146 cm³/mol. The van der Waals surface area contributed by atoms with Crippen molar-refractivity contribution in [3.63, 3.8) is 0 Å². The summed E-state index contributed by atoms with van der Waals surface area (Å²) in [6.45, 7) is 8.20. The normalized spacial score (nSPS) is 15.9. The van der Waals surface area contributed by atoms with Gasteiger partial charge in [-0.15, -0.1) is 0 Å². The lowest BCUT2D eigenvalue weighted by atomic mass is 9.93. The number of alkyl halides is 3. The molecule has 14 heteroatoms. The number of hydrogen-bond donors (Lipinski definition) is 3. The van der Waals surface area contributed by atoms with Gasteiger partial charge in [-0.3, -0.25) is 4.79 Å². The summed E-state index contributed by atoms with van der Waals surface area (Å²) in [6, 6.07) is 2.80. The van der Waals surface area contributed by atoms with Crippen molar-refractivity contribution < 1.29 is 23.1 Å². The molecule has 0 atom stereocenters. The summed E-state index contributed by atoms with van der Waals surface area (Å²) in [5.74, 6) is -0.861. The Labute approximate surface area is 228 Å². The van der Waals surface area contributed by atoms with Crippen LogP contribution >= 0.6 is 0 Å². The second kappa shape index (κ2) is 11.0. The Morgan fingerprint density at radius 2 is 1.82 bits per heavy atom. The van der Waals surface area contributed by atoms with Crippen molar-refractivity contribution in [2.75, 3.05) is 43.4 Å². The van der Waals surface area contributed by atoms with Gasteiger partial charge in [0.05, 0.1) is 17.4 Å². The van der Waals surface area contributed by atoms with E-state index in [1.165, 1.54) is 12.5 Å². The number of amidine groups is 1. The third-order valence-corrected chi connectivity index (χ3v) is 6.26. The fraction of sp³-hybridized carbons (Fsp3) is 0.385. The molecule has 1 saturated heterocycles. The molecular weight excluding hydrogens is 527 g/mol. The largest absolute Gasteiger partial charge is 0.512 e. The Balaban J connectivity index is 1.71. The van der Waals surface area contributed by atoms with Crippen LogP contribution < -0.4 is 16.0 Å². The summed E-state index contributed by atoms with van der Waals surface area (Å²) in [4.78, 5) is 37.8. The van der Waals surface area contributed by atoms with E-state index in [1.54, 1.807) is 20.8 Å². The number of allylic oxidation sites excluding steroid dienone is 1. The van der Waals surface area contributed by atoms with E-state index in [4.69, 9.17) is 5.73 Å². The standard InChI is InChI=1S/C26H30F3N9O2/c1-25(2,3)19(39)12-20(30)35-23(40)15-5-6-16(26(27,28)29)17(11-15)34-22-21-18(32-14-33-22)13-31-24(36-21)38-9-7-37(4)8-10-38/h5-6,11-14,39H,7-10H2,1-4H3,(H2,30,35,40)(H,32,33,34)/b19-12-. The van der Waals surface area contributed by atoms with Crippen LogP contribution in [-0.4, -0.2) is 74.9 Å². The number of anilines is 3. The average Bonchev–Trinajstić information content (AvgIpc) is 2.87. The molecule has 4 rings (SSSR count). The molecule has 0 aliphatic carbocycles. The van der Waals surface area contributed by atoms with Crippen LogP contribution in [0.2, 0.25) is 0 Å². The van der Waals surface area contributed by atoms with Crippen LogP contribution in [0.4, 0.5) is 30.6 Å². The van der Waals surface area contributed by atoms with E-state index in [1.807, 2.05) is 11.9 Å². The molecule has 0 radical (unpaired) electrons. The number of amides is 1. The Kier molecular flexibility index (Phi) is 7.91. The first-order valence-corrected chi connectivity index (χ1v) is 12.4. The monoisotopic (exact) mass is 557 g/mol. The molecule has 0 unspecified atom stereocenters. The Bertz CT molecular complexity index is 1470. The van der Waals surface area contributed by atoms with Gasteiger partial charge in [-0.05, 0) is 25.2 Å². The summed E-state index contributed by atoms with van der Waals surface area (Å²) < 4.78 is 41.8. The molecule has 0 saturated carbocycles. The van der Waals surface area contributed by atoms with E-state index in [-0.39, 0.29) is 28.5 Å². The minimum absolute atomic E-state index is 0.0129. The zero-order valence-corrected chi connectivity index (χ0v) is 22.5. The number of aromatic nitrogens is 4. The minimum Gasteiger partial charge on any atom is -0.512 e. The predicted octanol–water partition coefficient (Wildman–Crippen LogP) is 3.92. The van der Waals surface area contributed by atoms with E-state index in [9.17, 15) is 23.1 Å². The summed E-state index contributed by atoms with van der Waals surface area (Å²) in [6.07, 6.45) is -0.932. The van der Waals surface area contributed by atoms with E-state index in [2.05, 4.69) is 35.1 Å². The number of halogens is 3. The smallest absolute Gasteiger partial charge is 0.418 e. The summed E-state index contributed by atoms with van der Waals surface area (Å²) >= 11 is 0. The van der Waals surface area contributed by atoms with Crippen LogP contribution in [0.1, 0.15) is 36.7 Å². The number of benzene rings is 1. The molecular formula is C26H30F3N9O2. The molecule has 1 aliphatic heterocycles. The van der Waals surface area contributed by atoms with Crippen LogP contribution in [-0.2, 0) is 6.18 Å². The van der Waals surface area contributed by atoms with E-state index >= 15 is 0 Å². The number of rotatable bonds is 5. The first-order chi connectivity index (χ1) is 18.7. The fourth-order valence-corrected chi connectivity index (χ4v) is 3.82. The van der Waals surface area contributed by atoms with Gasteiger partial charge in [0.2, 0.25) is 5.95 Å². The quantitative estimate of drug-likeness (QED) is 0.240. The number of hydrogen-bond acceptors (Lipinski definition) is 9. The molecule has 40 heavy (non-hydrogen) atoms. The molecule has 212 valence electrons. The third kappa shape index (κ3) is 6.62. The number of nitrogens with two attached hydrogens (primary N) is 1. The van der Waals surface area contributed by atoms with Crippen molar-refractivity contribution in [3.8, 4) is 0 Å². The van der Waals surface area contributed by atoms with Gasteiger partial charge in [-0.25, -0.2) is 19.9 Å². The van der Waals surface area contributed by atoms with Crippen molar-refractivity contribution >= 4 is 40.2 Å². The van der Waals surface area contributed by atoms with Gasteiger partial charge in [0.15, 0.2) is 5.82 Å². The lowest BCUT2D eigenvalue weighted by Crippen LogP contribution is -2.45. The van der Waals surface area contributed by atoms with Crippen LogP contribution in [0.3, 0.4) is 0 Å². The molecule has 1 aliphatic rings. The molecule has 4 N–H and O–H groups in total. The molecule has 1 amide bonds. The Morgan fingerprint density at radius 1 is 1.12 bits per heavy atom. The number of piperazine rings is 1. The second-order valence-electron chi connectivity index (χ2n) is 10.4. The number of aliphatic hydroxyl groups excluding tert-OH is 1. The number of carbonyl (C=O) groups excluding carboxylic acids is 1. The fourth-order valence-electron chi connectivity index (χ4n) is 3.82. The summed E-state index contributed by atoms with van der Waals surface area (Å²) in [7, 11) is 2.01. The van der Waals surface area contributed by atoms with Gasteiger partial charge in [0.1, 0.15) is 29.0 Å². The van der Waals surface area contributed by atoms with Crippen molar-refractivity contribution in [1.82, 2.24) is 24.8 Å². The Morgan fingerprint density at radius 3 is 2.48 bits per heavy atom. The van der Waals surface area contributed by atoms with Crippen LogP contribution in [0, 0.1) is 5.41 Å². The van der Waals surface area contributed by atoms with Gasteiger partial charge in [0.25, 0.3) is 5.91 Å². The maximum atomic E-state index is 13.9. The average molecular weight is 558 g/mol. The third-order valence-electron chi connectivity index (χ3n) is 6.26. The highest BCUT2D eigenvalue weighted by Crippen LogP contribution is 2.37. The van der Waals surface area contributed by atoms with Crippen molar-refractivity contribution in [2.24, 2.45) is 16.1 Å². The van der Waals surface area contributed by atoms with E-state index in [0.717, 1.165) is 37.4 Å². The zero-order valence-electron chi connectivity index (χ0n) is 22.5. The summed E-state index contributed by atoms with van der Waals surface area (Å²) in [5.41, 5.74) is 4.08. The highest BCUT2D eigenvalue weighted by Gasteiger charge is 2.34. The highest BCUT2D eigenvalue weighted by molar-refractivity contribution is 6.07. The molecule has 0 bridgehead atoms. The minimum atomic E-state index is -4.74. The zero-order chi connectivity index (χ0) is 29.2. The number of nitrogens with one attached hydrogen (secondary N) is 1.